The van der Waals surface area contributed by atoms with Crippen LogP contribution in [0.1, 0.15) is 41.7 Å². The van der Waals surface area contributed by atoms with Crippen LogP contribution in [0.4, 0.5) is 10.1 Å². The van der Waals surface area contributed by atoms with E-state index in [9.17, 15) is 23.6 Å². The van der Waals surface area contributed by atoms with Gasteiger partial charge in [0.1, 0.15) is 11.9 Å². The van der Waals surface area contributed by atoms with Crippen molar-refractivity contribution in [3.63, 3.8) is 0 Å². The number of hydrogen-bond acceptors (Lipinski definition) is 6. The first kappa shape index (κ1) is 21.8. The number of Topliss-reactive ketones (excluding diaryl/α,β-unsaturated/α-hetero) is 1. The summed E-state index contributed by atoms with van der Waals surface area (Å²) < 4.78 is 24.1. The van der Waals surface area contributed by atoms with E-state index in [1.807, 2.05) is 0 Å². The van der Waals surface area contributed by atoms with Crippen LogP contribution < -0.4 is 10.6 Å². The van der Waals surface area contributed by atoms with Crippen LogP contribution in [0.3, 0.4) is 0 Å². The van der Waals surface area contributed by atoms with E-state index < -0.39 is 36.1 Å². The van der Waals surface area contributed by atoms with E-state index in [2.05, 4.69) is 10.6 Å². The highest BCUT2D eigenvalue weighted by Crippen LogP contribution is 2.16. The Balaban J connectivity index is 1.99. The van der Waals surface area contributed by atoms with Crippen LogP contribution in [-0.2, 0) is 14.3 Å². The SMILES string of the molecule is CC(=O)Nc1ccc(C(=O)COC(=O)[C@@H](NC(=O)c2ccco2)C(C)C)c(F)c1. The number of ketones is 1. The molecular weight excluding hydrogens is 383 g/mol. The molecule has 0 saturated heterocycles. The lowest BCUT2D eigenvalue weighted by Crippen LogP contribution is -2.45. The molecular formula is C20H21FN2O6. The number of benzene rings is 1. The van der Waals surface area contributed by atoms with Crippen molar-refractivity contribution in [1.82, 2.24) is 5.32 Å². The monoisotopic (exact) mass is 404 g/mol. The molecule has 2 aromatic rings. The van der Waals surface area contributed by atoms with Crippen molar-refractivity contribution in [3.8, 4) is 0 Å². The fraction of sp³-hybridized carbons (Fsp3) is 0.300. The second-order valence-electron chi connectivity index (χ2n) is 6.58. The molecule has 2 rings (SSSR count). The van der Waals surface area contributed by atoms with Gasteiger partial charge in [0.15, 0.2) is 12.4 Å². The van der Waals surface area contributed by atoms with Gasteiger partial charge in [-0.1, -0.05) is 13.8 Å². The van der Waals surface area contributed by atoms with Crippen molar-refractivity contribution >= 4 is 29.3 Å². The molecule has 1 aromatic carbocycles. The van der Waals surface area contributed by atoms with E-state index in [0.717, 1.165) is 6.07 Å². The van der Waals surface area contributed by atoms with Crippen LogP contribution >= 0.6 is 0 Å². The maximum Gasteiger partial charge on any atom is 0.329 e. The van der Waals surface area contributed by atoms with Crippen LogP contribution in [0, 0.1) is 11.7 Å². The smallest absolute Gasteiger partial charge is 0.329 e. The number of rotatable bonds is 8. The molecule has 0 aliphatic rings. The number of anilines is 1. The zero-order valence-corrected chi connectivity index (χ0v) is 16.2. The van der Waals surface area contributed by atoms with Crippen LogP contribution in [0.25, 0.3) is 0 Å². The quantitative estimate of drug-likeness (QED) is 0.516. The van der Waals surface area contributed by atoms with Gasteiger partial charge in [-0.2, -0.15) is 0 Å². The number of nitrogens with one attached hydrogen (secondary N) is 2. The molecule has 2 amide bonds. The Morgan fingerprint density at radius 1 is 1.17 bits per heavy atom. The van der Waals surface area contributed by atoms with Gasteiger partial charge < -0.3 is 19.8 Å². The number of carbonyl (C=O) groups excluding carboxylic acids is 4. The van der Waals surface area contributed by atoms with Crippen molar-refractivity contribution in [3.05, 3.63) is 53.7 Å². The second kappa shape index (κ2) is 9.63. The van der Waals surface area contributed by atoms with Crippen LogP contribution in [0.15, 0.2) is 41.0 Å². The maximum atomic E-state index is 14.1. The van der Waals surface area contributed by atoms with Crippen LogP contribution in [0.5, 0.6) is 0 Å². The zero-order chi connectivity index (χ0) is 21.6. The second-order valence-corrected chi connectivity index (χ2v) is 6.58. The lowest BCUT2D eigenvalue weighted by Gasteiger charge is -2.20. The van der Waals surface area contributed by atoms with E-state index in [1.165, 1.54) is 37.5 Å². The standard InChI is InChI=1S/C20H21FN2O6/c1-11(2)18(23-19(26)17-5-4-8-28-17)20(27)29-10-16(25)14-7-6-13(9-15(14)21)22-12(3)24/h4-9,11,18H,10H2,1-3H3,(H,22,24)(H,23,26)/t18-/m0/s1. The molecule has 0 spiro atoms. The molecule has 0 aliphatic heterocycles. The van der Waals surface area contributed by atoms with Gasteiger partial charge in [-0.15, -0.1) is 0 Å². The lowest BCUT2D eigenvalue weighted by molar-refractivity contribution is -0.146. The summed E-state index contributed by atoms with van der Waals surface area (Å²) in [6, 6.07) is 5.50. The Morgan fingerprint density at radius 2 is 1.90 bits per heavy atom. The molecule has 1 heterocycles. The predicted octanol–water partition coefficient (Wildman–Crippen LogP) is 2.56. The Kier molecular flexibility index (Phi) is 7.24. The first-order valence-electron chi connectivity index (χ1n) is 8.80. The summed E-state index contributed by atoms with van der Waals surface area (Å²) in [5, 5.41) is 4.88. The molecule has 1 aromatic heterocycles. The average molecular weight is 404 g/mol. The number of amides is 2. The molecule has 8 nitrogen and oxygen atoms in total. The summed E-state index contributed by atoms with van der Waals surface area (Å²) in [6.07, 6.45) is 1.32. The third-order valence-electron chi connectivity index (χ3n) is 3.89. The number of carbonyl (C=O) groups is 4. The molecule has 2 N–H and O–H groups in total. The fourth-order valence-electron chi connectivity index (χ4n) is 2.44. The topological polar surface area (TPSA) is 115 Å². The number of halogens is 1. The number of hydrogen-bond donors (Lipinski definition) is 2. The zero-order valence-electron chi connectivity index (χ0n) is 16.2. The number of esters is 1. The minimum absolute atomic E-state index is 0.0286. The lowest BCUT2D eigenvalue weighted by atomic mass is 10.0. The summed E-state index contributed by atoms with van der Waals surface area (Å²) in [4.78, 5) is 47.6. The molecule has 0 saturated carbocycles. The Hall–Kier alpha value is -3.49. The molecule has 0 fully saturated rings. The summed E-state index contributed by atoms with van der Waals surface area (Å²) >= 11 is 0. The molecule has 0 radical (unpaired) electrons. The summed E-state index contributed by atoms with van der Waals surface area (Å²) in [7, 11) is 0. The van der Waals surface area contributed by atoms with E-state index in [-0.39, 0.29) is 28.8 Å². The maximum absolute atomic E-state index is 14.1. The average Bonchev–Trinajstić information content (AvgIpc) is 3.18. The third-order valence-corrected chi connectivity index (χ3v) is 3.89. The molecule has 1 atom stereocenters. The third kappa shape index (κ3) is 6.00. The minimum atomic E-state index is -1.02. The highest BCUT2D eigenvalue weighted by molar-refractivity contribution is 5.99. The summed E-state index contributed by atoms with van der Waals surface area (Å²) in [5.41, 5.74) is -0.0864. The Labute approximate surface area is 166 Å². The summed E-state index contributed by atoms with van der Waals surface area (Å²) in [6.45, 7) is 3.95. The van der Waals surface area contributed by atoms with Crippen molar-refractivity contribution < 1.29 is 32.7 Å². The van der Waals surface area contributed by atoms with Crippen LogP contribution in [0.2, 0.25) is 0 Å². The molecule has 9 heteroatoms. The molecule has 0 unspecified atom stereocenters. The molecule has 29 heavy (non-hydrogen) atoms. The van der Waals surface area contributed by atoms with Crippen molar-refractivity contribution in [1.29, 1.82) is 0 Å². The molecule has 0 aliphatic carbocycles. The van der Waals surface area contributed by atoms with Gasteiger partial charge in [0.2, 0.25) is 11.7 Å². The largest absolute Gasteiger partial charge is 0.459 e. The van der Waals surface area contributed by atoms with Gasteiger partial charge in [-0.05, 0) is 36.2 Å². The number of ether oxygens (including phenoxy) is 1. The van der Waals surface area contributed by atoms with E-state index in [4.69, 9.17) is 9.15 Å². The highest BCUT2D eigenvalue weighted by atomic mass is 19.1. The number of furan rings is 1. The van der Waals surface area contributed by atoms with Crippen molar-refractivity contribution in [2.24, 2.45) is 5.92 Å². The van der Waals surface area contributed by atoms with Crippen molar-refractivity contribution in [2.75, 3.05) is 11.9 Å². The predicted molar refractivity (Wildman–Crippen MR) is 101 cm³/mol. The summed E-state index contributed by atoms with van der Waals surface area (Å²) in [5.74, 6) is -3.73. The minimum Gasteiger partial charge on any atom is -0.459 e. The van der Waals surface area contributed by atoms with Gasteiger partial charge in [-0.3, -0.25) is 14.4 Å². The van der Waals surface area contributed by atoms with E-state index in [1.54, 1.807) is 13.8 Å². The fourth-order valence-corrected chi connectivity index (χ4v) is 2.44. The van der Waals surface area contributed by atoms with Gasteiger partial charge >= 0.3 is 5.97 Å². The Morgan fingerprint density at radius 3 is 2.45 bits per heavy atom. The van der Waals surface area contributed by atoms with Gasteiger partial charge in [-0.25, -0.2) is 9.18 Å². The van der Waals surface area contributed by atoms with Gasteiger partial charge in [0.25, 0.3) is 5.91 Å². The normalized spacial score (nSPS) is 11.6. The highest BCUT2D eigenvalue weighted by Gasteiger charge is 2.28. The van der Waals surface area contributed by atoms with Gasteiger partial charge in [0.05, 0.1) is 11.8 Å². The molecule has 154 valence electrons. The Bertz CT molecular complexity index is 908. The van der Waals surface area contributed by atoms with E-state index >= 15 is 0 Å². The first-order chi connectivity index (χ1) is 13.7. The van der Waals surface area contributed by atoms with Crippen molar-refractivity contribution in [2.45, 2.75) is 26.8 Å². The van der Waals surface area contributed by atoms with E-state index in [0.29, 0.717) is 0 Å². The van der Waals surface area contributed by atoms with Crippen LogP contribution in [-0.4, -0.2) is 36.2 Å². The first-order valence-corrected chi connectivity index (χ1v) is 8.80. The molecule has 0 bridgehead atoms. The van der Waals surface area contributed by atoms with Gasteiger partial charge in [0, 0.05) is 12.6 Å².